The molecule has 2 N–H and O–H groups in total. The van der Waals surface area contributed by atoms with E-state index >= 15 is 0 Å². The quantitative estimate of drug-likeness (QED) is 0.811. The Morgan fingerprint density at radius 2 is 1.68 bits per heavy atom. The maximum atomic E-state index is 13.0. The van der Waals surface area contributed by atoms with Crippen LogP contribution in [-0.2, 0) is 0 Å². The van der Waals surface area contributed by atoms with E-state index in [0.29, 0.717) is 24.0 Å². The monoisotopic (exact) mass is 292 g/mol. The van der Waals surface area contributed by atoms with Gasteiger partial charge in [-0.05, 0) is 24.0 Å². The summed E-state index contributed by atoms with van der Waals surface area (Å²) in [5.41, 5.74) is -0.190. The molecule has 0 spiro atoms. The molecule has 3 rings (SSSR count). The Kier molecular flexibility index (Phi) is 3.73. The minimum absolute atomic E-state index is 0. The van der Waals surface area contributed by atoms with Crippen LogP contribution in [0.15, 0.2) is 12.1 Å². The molecule has 2 unspecified atom stereocenters. The van der Waals surface area contributed by atoms with Gasteiger partial charge < -0.3 is 10.6 Å². The Labute approximate surface area is 114 Å². The van der Waals surface area contributed by atoms with Gasteiger partial charge in [0.2, 0.25) is 0 Å². The van der Waals surface area contributed by atoms with Crippen molar-refractivity contribution in [2.24, 2.45) is 11.8 Å². The number of halogens is 4. The van der Waals surface area contributed by atoms with Gasteiger partial charge in [-0.2, -0.15) is 0 Å². The molecule has 0 radical (unpaired) electrons. The van der Waals surface area contributed by atoms with Crippen molar-refractivity contribution in [3.05, 3.63) is 35.1 Å². The van der Waals surface area contributed by atoms with E-state index in [1.165, 1.54) is 0 Å². The average Bonchev–Trinajstić information content (AvgIpc) is 2.77. The second kappa shape index (κ2) is 5.02. The number of benzene rings is 1. The van der Waals surface area contributed by atoms with Gasteiger partial charge in [0.05, 0.1) is 0 Å². The fraction of sp³-hybridized carbons (Fsp3) is 0.417. The van der Waals surface area contributed by atoms with Crippen LogP contribution in [0.3, 0.4) is 0 Å². The topological polar surface area (TPSA) is 41.1 Å². The first-order valence-corrected chi connectivity index (χ1v) is 5.74. The van der Waals surface area contributed by atoms with Crippen molar-refractivity contribution < 1.29 is 18.0 Å². The molecule has 2 fully saturated rings. The third-order valence-corrected chi connectivity index (χ3v) is 3.64. The van der Waals surface area contributed by atoms with E-state index in [1.54, 1.807) is 0 Å². The highest BCUT2D eigenvalue weighted by Crippen LogP contribution is 2.41. The van der Waals surface area contributed by atoms with Gasteiger partial charge in [-0.3, -0.25) is 4.79 Å². The second-order valence-electron chi connectivity index (χ2n) is 4.74. The van der Waals surface area contributed by atoms with Crippen LogP contribution >= 0.6 is 12.4 Å². The molecule has 1 aromatic rings. The number of carbonyl (C=O) groups is 1. The molecule has 0 bridgehead atoms. The summed E-state index contributed by atoms with van der Waals surface area (Å²) in [6.07, 6.45) is 0. The third-order valence-electron chi connectivity index (χ3n) is 3.64. The Bertz CT molecular complexity index is 493. The van der Waals surface area contributed by atoms with Gasteiger partial charge in [-0.15, -0.1) is 12.4 Å². The van der Waals surface area contributed by atoms with E-state index in [0.717, 1.165) is 13.1 Å². The summed E-state index contributed by atoms with van der Waals surface area (Å²) in [4.78, 5) is 11.8. The summed E-state index contributed by atoms with van der Waals surface area (Å²) in [7, 11) is 0. The zero-order valence-corrected chi connectivity index (χ0v) is 10.6. The minimum Gasteiger partial charge on any atom is -0.349 e. The minimum atomic E-state index is -1.56. The van der Waals surface area contributed by atoms with Gasteiger partial charge in [0.15, 0.2) is 17.5 Å². The largest absolute Gasteiger partial charge is 0.349 e. The second-order valence-corrected chi connectivity index (χ2v) is 4.74. The molecule has 1 heterocycles. The molecule has 19 heavy (non-hydrogen) atoms. The fourth-order valence-corrected chi connectivity index (χ4v) is 2.55. The average molecular weight is 293 g/mol. The third kappa shape index (κ3) is 2.42. The maximum Gasteiger partial charge on any atom is 0.251 e. The highest BCUT2D eigenvalue weighted by Gasteiger charge is 2.53. The number of hydrogen-bond donors (Lipinski definition) is 2. The van der Waals surface area contributed by atoms with E-state index in [4.69, 9.17) is 0 Å². The number of piperidine rings is 1. The van der Waals surface area contributed by atoms with Crippen LogP contribution in [0.4, 0.5) is 13.2 Å². The number of carbonyl (C=O) groups excluding carboxylic acids is 1. The lowest BCUT2D eigenvalue weighted by Gasteiger charge is -2.08. The first kappa shape index (κ1) is 14.1. The van der Waals surface area contributed by atoms with Crippen LogP contribution in [0.1, 0.15) is 10.4 Å². The summed E-state index contributed by atoms with van der Waals surface area (Å²) in [6.45, 7) is 1.70. The van der Waals surface area contributed by atoms with Crippen molar-refractivity contribution in [3.63, 3.8) is 0 Å². The van der Waals surface area contributed by atoms with Crippen molar-refractivity contribution in [1.29, 1.82) is 0 Å². The Hall–Kier alpha value is -1.27. The molecule has 7 heteroatoms. The van der Waals surface area contributed by atoms with Gasteiger partial charge in [0.25, 0.3) is 5.91 Å². The van der Waals surface area contributed by atoms with E-state index < -0.39 is 23.4 Å². The first-order valence-electron chi connectivity index (χ1n) is 5.74. The highest BCUT2D eigenvalue weighted by molar-refractivity contribution is 5.94. The number of fused-ring (bicyclic) bond motifs is 1. The lowest BCUT2D eigenvalue weighted by atomic mass is 10.2. The van der Waals surface area contributed by atoms with Crippen LogP contribution < -0.4 is 10.6 Å². The summed E-state index contributed by atoms with van der Waals surface area (Å²) >= 11 is 0. The molecule has 1 aliphatic carbocycles. The normalized spacial score (nSPS) is 27.4. The lowest BCUT2D eigenvalue weighted by molar-refractivity contribution is 0.0945. The molecule has 2 atom stereocenters. The SMILES string of the molecule is Cl.O=C(NC1C2CNCC21)c1cc(F)c(F)c(F)c1. The summed E-state index contributed by atoms with van der Waals surface area (Å²) in [6, 6.07) is 1.49. The Morgan fingerprint density at radius 3 is 2.21 bits per heavy atom. The lowest BCUT2D eigenvalue weighted by Crippen LogP contribution is -2.32. The van der Waals surface area contributed by atoms with E-state index in [2.05, 4.69) is 10.6 Å². The van der Waals surface area contributed by atoms with Gasteiger partial charge in [0.1, 0.15) is 0 Å². The van der Waals surface area contributed by atoms with Gasteiger partial charge in [0, 0.05) is 24.7 Å². The molecule has 3 nitrogen and oxygen atoms in total. The van der Waals surface area contributed by atoms with Crippen LogP contribution in [0, 0.1) is 29.3 Å². The molecule has 0 aromatic heterocycles. The number of nitrogens with one attached hydrogen (secondary N) is 2. The van der Waals surface area contributed by atoms with Gasteiger partial charge >= 0.3 is 0 Å². The van der Waals surface area contributed by atoms with Crippen molar-refractivity contribution in [2.75, 3.05) is 13.1 Å². The number of amides is 1. The van der Waals surface area contributed by atoms with Crippen molar-refractivity contribution in [3.8, 4) is 0 Å². The standard InChI is InChI=1S/C12H11F3N2O.ClH/c13-8-1-5(2-9(14)10(8)15)12(18)17-11-6-3-16-4-7(6)11;/h1-2,6-7,11,16H,3-4H2,(H,17,18);1H. The van der Waals surface area contributed by atoms with E-state index in [1.807, 2.05) is 0 Å². The molecule has 1 amide bonds. The van der Waals surface area contributed by atoms with Crippen molar-refractivity contribution in [2.45, 2.75) is 6.04 Å². The smallest absolute Gasteiger partial charge is 0.251 e. The number of hydrogen-bond acceptors (Lipinski definition) is 2. The molecular weight excluding hydrogens is 281 g/mol. The molecule has 1 saturated carbocycles. The van der Waals surface area contributed by atoms with Crippen LogP contribution in [-0.4, -0.2) is 25.0 Å². The number of rotatable bonds is 2. The first-order chi connectivity index (χ1) is 8.58. The molecule has 104 valence electrons. The zero-order chi connectivity index (χ0) is 12.9. The fourth-order valence-electron chi connectivity index (χ4n) is 2.55. The van der Waals surface area contributed by atoms with Gasteiger partial charge in [-0.1, -0.05) is 0 Å². The maximum absolute atomic E-state index is 13.0. The van der Waals surface area contributed by atoms with Crippen molar-refractivity contribution in [1.82, 2.24) is 10.6 Å². The summed E-state index contributed by atoms with van der Waals surface area (Å²) < 4.78 is 38.7. The van der Waals surface area contributed by atoms with E-state index in [9.17, 15) is 18.0 Å². The predicted molar refractivity (Wildman–Crippen MR) is 64.7 cm³/mol. The van der Waals surface area contributed by atoms with Crippen molar-refractivity contribution >= 4 is 18.3 Å². The Morgan fingerprint density at radius 1 is 1.16 bits per heavy atom. The predicted octanol–water partition coefficient (Wildman–Crippen LogP) is 1.47. The summed E-state index contributed by atoms with van der Waals surface area (Å²) in [5, 5.41) is 5.88. The molecule has 1 aliphatic heterocycles. The zero-order valence-electron chi connectivity index (χ0n) is 9.75. The van der Waals surface area contributed by atoms with E-state index in [-0.39, 0.29) is 24.0 Å². The molecule has 2 aliphatic rings. The van der Waals surface area contributed by atoms with Gasteiger partial charge in [-0.25, -0.2) is 13.2 Å². The summed E-state index contributed by atoms with van der Waals surface area (Å²) in [5.74, 6) is -4.00. The van der Waals surface area contributed by atoms with Crippen LogP contribution in [0.5, 0.6) is 0 Å². The van der Waals surface area contributed by atoms with Crippen LogP contribution in [0.25, 0.3) is 0 Å². The Balaban J connectivity index is 0.00000133. The van der Waals surface area contributed by atoms with Crippen LogP contribution in [0.2, 0.25) is 0 Å². The molecular formula is C12H12ClF3N2O. The molecule has 1 aromatic carbocycles. The molecule has 1 saturated heterocycles. The highest BCUT2D eigenvalue weighted by atomic mass is 35.5.